The fraction of sp³-hybridized carbons (Fsp3) is 0.562. The molecule has 0 spiro atoms. The molecule has 0 aromatic heterocycles. The molecule has 2 aliphatic heterocycles. The molecule has 4 nitrogen and oxygen atoms in total. The number of hydrogen-bond donors (Lipinski definition) is 2. The Morgan fingerprint density at radius 2 is 2.20 bits per heavy atom. The molecule has 2 fully saturated rings. The Morgan fingerprint density at radius 3 is 2.90 bits per heavy atom. The van der Waals surface area contributed by atoms with Gasteiger partial charge in [-0.25, -0.2) is 0 Å². The first-order valence-corrected chi connectivity index (χ1v) is 7.51. The lowest BCUT2D eigenvalue weighted by Gasteiger charge is -2.29. The number of hydrogen-bond acceptors (Lipinski definition) is 3. The van der Waals surface area contributed by atoms with E-state index in [1.165, 1.54) is 12.8 Å². The van der Waals surface area contributed by atoms with Crippen molar-refractivity contribution < 1.29 is 9.90 Å². The van der Waals surface area contributed by atoms with Gasteiger partial charge in [0.1, 0.15) is 5.75 Å². The van der Waals surface area contributed by atoms with Crippen LogP contribution in [0.15, 0.2) is 18.2 Å². The maximum atomic E-state index is 12.7. The van der Waals surface area contributed by atoms with E-state index in [1.807, 2.05) is 11.8 Å². The second-order valence-corrected chi connectivity index (χ2v) is 5.91. The fourth-order valence-electron chi connectivity index (χ4n) is 3.46. The van der Waals surface area contributed by atoms with Crippen LogP contribution in [0.4, 0.5) is 0 Å². The lowest BCUT2D eigenvalue weighted by molar-refractivity contribution is 0.0711. The number of rotatable bonds is 2. The monoisotopic (exact) mass is 274 g/mol. The second-order valence-electron chi connectivity index (χ2n) is 5.91. The van der Waals surface area contributed by atoms with Crippen LogP contribution in [-0.4, -0.2) is 41.1 Å². The normalized spacial score (nSPS) is 26.1. The molecule has 2 aliphatic rings. The minimum atomic E-state index is 0.101. The van der Waals surface area contributed by atoms with Gasteiger partial charge in [-0.3, -0.25) is 4.79 Å². The number of aromatic hydroxyl groups is 1. The first-order chi connectivity index (χ1) is 9.66. The van der Waals surface area contributed by atoms with Gasteiger partial charge in [0.25, 0.3) is 5.91 Å². The van der Waals surface area contributed by atoms with Gasteiger partial charge in [0, 0.05) is 24.2 Å². The van der Waals surface area contributed by atoms with E-state index in [-0.39, 0.29) is 11.7 Å². The van der Waals surface area contributed by atoms with Crippen molar-refractivity contribution in [1.29, 1.82) is 0 Å². The summed E-state index contributed by atoms with van der Waals surface area (Å²) in [5.74, 6) is 0.348. The summed E-state index contributed by atoms with van der Waals surface area (Å²) in [6.07, 6.45) is 4.57. The van der Waals surface area contributed by atoms with Crippen LogP contribution < -0.4 is 5.32 Å². The summed E-state index contributed by atoms with van der Waals surface area (Å²) < 4.78 is 0. The van der Waals surface area contributed by atoms with Crippen molar-refractivity contribution in [3.8, 4) is 5.75 Å². The zero-order valence-corrected chi connectivity index (χ0v) is 11.9. The van der Waals surface area contributed by atoms with Crippen molar-refractivity contribution in [2.24, 2.45) is 0 Å². The second kappa shape index (κ2) is 5.44. The molecule has 0 radical (unpaired) electrons. The van der Waals surface area contributed by atoms with Gasteiger partial charge in [-0.15, -0.1) is 0 Å². The van der Waals surface area contributed by atoms with E-state index >= 15 is 0 Å². The van der Waals surface area contributed by atoms with E-state index < -0.39 is 0 Å². The van der Waals surface area contributed by atoms with E-state index in [4.69, 9.17) is 0 Å². The molecule has 2 heterocycles. The molecular weight excluding hydrogens is 252 g/mol. The number of amides is 1. The fourth-order valence-corrected chi connectivity index (χ4v) is 3.46. The van der Waals surface area contributed by atoms with Crippen molar-refractivity contribution in [1.82, 2.24) is 10.2 Å². The van der Waals surface area contributed by atoms with E-state index in [0.717, 1.165) is 31.5 Å². The Bertz CT molecular complexity index is 509. The molecule has 0 saturated carbocycles. The summed E-state index contributed by atoms with van der Waals surface area (Å²) in [6, 6.07) is 5.91. The van der Waals surface area contributed by atoms with Crippen LogP contribution in [0.5, 0.6) is 5.75 Å². The van der Waals surface area contributed by atoms with Crippen molar-refractivity contribution in [2.45, 2.75) is 44.7 Å². The Hall–Kier alpha value is -1.55. The Morgan fingerprint density at radius 1 is 1.35 bits per heavy atom. The third-order valence-electron chi connectivity index (χ3n) is 4.57. The minimum Gasteiger partial charge on any atom is -0.508 e. The molecule has 0 bridgehead atoms. The van der Waals surface area contributed by atoms with Gasteiger partial charge >= 0.3 is 0 Å². The first kappa shape index (κ1) is 13.4. The van der Waals surface area contributed by atoms with E-state index in [1.54, 1.807) is 18.2 Å². The van der Waals surface area contributed by atoms with Crippen LogP contribution in [0, 0.1) is 6.92 Å². The van der Waals surface area contributed by atoms with E-state index in [0.29, 0.717) is 17.6 Å². The number of phenolic OH excluding ortho intramolecular Hbond substituents is 1. The molecule has 108 valence electrons. The molecule has 3 rings (SSSR count). The van der Waals surface area contributed by atoms with Crippen LogP contribution in [0.25, 0.3) is 0 Å². The zero-order chi connectivity index (χ0) is 14.1. The van der Waals surface area contributed by atoms with Gasteiger partial charge in [0.15, 0.2) is 0 Å². The summed E-state index contributed by atoms with van der Waals surface area (Å²) in [6.45, 7) is 3.75. The van der Waals surface area contributed by atoms with Gasteiger partial charge in [0.05, 0.1) is 0 Å². The van der Waals surface area contributed by atoms with Crippen LogP contribution in [0.3, 0.4) is 0 Å². The van der Waals surface area contributed by atoms with Crippen molar-refractivity contribution >= 4 is 5.91 Å². The molecule has 2 unspecified atom stereocenters. The highest BCUT2D eigenvalue weighted by atomic mass is 16.3. The van der Waals surface area contributed by atoms with E-state index in [9.17, 15) is 9.90 Å². The maximum absolute atomic E-state index is 12.7. The van der Waals surface area contributed by atoms with Gasteiger partial charge in [-0.05, 0) is 62.9 Å². The minimum absolute atomic E-state index is 0.101. The lowest BCUT2D eigenvalue weighted by atomic mass is 10.0. The van der Waals surface area contributed by atoms with Gasteiger partial charge in [-0.2, -0.15) is 0 Å². The number of benzene rings is 1. The van der Waals surface area contributed by atoms with Crippen LogP contribution >= 0.6 is 0 Å². The van der Waals surface area contributed by atoms with Crippen molar-refractivity contribution in [3.05, 3.63) is 29.3 Å². The molecule has 20 heavy (non-hydrogen) atoms. The highest BCUT2D eigenvalue weighted by Gasteiger charge is 2.36. The highest BCUT2D eigenvalue weighted by Crippen LogP contribution is 2.27. The number of nitrogens with one attached hydrogen (secondary N) is 1. The molecule has 2 atom stereocenters. The predicted molar refractivity (Wildman–Crippen MR) is 77.9 cm³/mol. The van der Waals surface area contributed by atoms with Crippen LogP contribution in [0.1, 0.15) is 41.6 Å². The summed E-state index contributed by atoms with van der Waals surface area (Å²) in [5, 5.41) is 13.1. The van der Waals surface area contributed by atoms with Crippen molar-refractivity contribution in [2.75, 3.05) is 13.1 Å². The Kier molecular flexibility index (Phi) is 3.66. The zero-order valence-electron chi connectivity index (χ0n) is 11.9. The number of nitrogens with zero attached hydrogens (tertiary/aromatic N) is 1. The molecule has 1 amide bonds. The molecule has 2 saturated heterocycles. The molecular formula is C16H22N2O2. The largest absolute Gasteiger partial charge is 0.508 e. The third kappa shape index (κ3) is 2.40. The van der Waals surface area contributed by atoms with Gasteiger partial charge < -0.3 is 15.3 Å². The Balaban J connectivity index is 1.79. The molecule has 1 aromatic carbocycles. The Labute approximate surface area is 119 Å². The summed E-state index contributed by atoms with van der Waals surface area (Å²) >= 11 is 0. The van der Waals surface area contributed by atoms with E-state index in [2.05, 4.69) is 5.32 Å². The van der Waals surface area contributed by atoms with Crippen molar-refractivity contribution in [3.63, 3.8) is 0 Å². The smallest absolute Gasteiger partial charge is 0.254 e. The van der Waals surface area contributed by atoms with Crippen LogP contribution in [-0.2, 0) is 0 Å². The number of carbonyl (C=O) groups excluding carboxylic acids is 1. The van der Waals surface area contributed by atoms with Gasteiger partial charge in [-0.1, -0.05) is 0 Å². The number of phenols is 1. The number of carbonyl (C=O) groups is 1. The number of aryl methyl sites for hydroxylation is 1. The topological polar surface area (TPSA) is 52.6 Å². The first-order valence-electron chi connectivity index (χ1n) is 7.51. The molecule has 1 aromatic rings. The van der Waals surface area contributed by atoms with Gasteiger partial charge in [0.2, 0.25) is 0 Å². The molecule has 0 aliphatic carbocycles. The standard InChI is InChI=1S/C16H22N2O2/c1-11-10-12(6-7-15(11)19)16(20)18-9-3-5-14(18)13-4-2-8-17-13/h6-7,10,13-14,17,19H,2-5,8-9H2,1H3. The lowest BCUT2D eigenvalue weighted by Crippen LogP contribution is -2.46. The SMILES string of the molecule is Cc1cc(C(=O)N2CCCC2C2CCCN2)ccc1O. The number of likely N-dealkylation sites (tertiary alicyclic amines) is 1. The summed E-state index contributed by atoms with van der Waals surface area (Å²) in [4.78, 5) is 14.7. The quantitative estimate of drug-likeness (QED) is 0.868. The highest BCUT2D eigenvalue weighted by molar-refractivity contribution is 5.95. The van der Waals surface area contributed by atoms with Crippen LogP contribution in [0.2, 0.25) is 0 Å². The third-order valence-corrected chi connectivity index (χ3v) is 4.57. The predicted octanol–water partition coefficient (Wildman–Crippen LogP) is 2.06. The average molecular weight is 274 g/mol. The summed E-state index contributed by atoms with van der Waals surface area (Å²) in [5.41, 5.74) is 1.44. The summed E-state index contributed by atoms with van der Waals surface area (Å²) in [7, 11) is 0. The molecule has 4 heteroatoms. The average Bonchev–Trinajstić information content (AvgIpc) is 3.10. The molecule has 2 N–H and O–H groups in total. The maximum Gasteiger partial charge on any atom is 0.254 e.